The highest BCUT2D eigenvalue weighted by Gasteiger charge is 2.14. The summed E-state index contributed by atoms with van der Waals surface area (Å²) >= 11 is 0. The molecule has 0 unspecified atom stereocenters. The molecule has 0 aliphatic rings. The predicted molar refractivity (Wildman–Crippen MR) is 81.5 cm³/mol. The molecule has 6 nitrogen and oxygen atoms in total. The van der Waals surface area contributed by atoms with E-state index in [4.69, 9.17) is 4.74 Å². The minimum atomic E-state index is -0.625. The van der Waals surface area contributed by atoms with Crippen molar-refractivity contribution in [2.75, 3.05) is 0 Å². The highest BCUT2D eigenvalue weighted by molar-refractivity contribution is 5.80. The quantitative estimate of drug-likeness (QED) is 0.657. The van der Waals surface area contributed by atoms with Crippen LogP contribution in [0.3, 0.4) is 0 Å². The lowest BCUT2D eigenvalue weighted by molar-refractivity contribution is -0.384. The van der Waals surface area contributed by atoms with E-state index in [-0.39, 0.29) is 11.6 Å². The van der Waals surface area contributed by atoms with Crippen molar-refractivity contribution in [2.45, 2.75) is 19.6 Å². The number of rotatable bonds is 6. The number of hydrogen-bond acceptors (Lipinski definition) is 4. The molecule has 6 heteroatoms. The number of ether oxygens (including phenoxy) is 1. The van der Waals surface area contributed by atoms with E-state index in [9.17, 15) is 14.9 Å². The minimum Gasteiger partial charge on any atom is -0.481 e. The summed E-state index contributed by atoms with van der Waals surface area (Å²) in [5, 5.41) is 13.3. The third kappa shape index (κ3) is 4.31. The molecule has 1 amide bonds. The zero-order valence-electron chi connectivity index (χ0n) is 12.1. The van der Waals surface area contributed by atoms with Crippen molar-refractivity contribution >= 4 is 11.6 Å². The van der Waals surface area contributed by atoms with Gasteiger partial charge < -0.3 is 10.1 Å². The molecule has 2 rings (SSSR count). The van der Waals surface area contributed by atoms with Gasteiger partial charge in [-0.05, 0) is 24.6 Å². The Hall–Kier alpha value is -2.89. The first-order valence-electron chi connectivity index (χ1n) is 6.79. The smallest absolute Gasteiger partial charge is 0.269 e. The fraction of sp³-hybridized carbons (Fsp3) is 0.188. The van der Waals surface area contributed by atoms with Gasteiger partial charge in [-0.15, -0.1) is 0 Å². The van der Waals surface area contributed by atoms with Crippen molar-refractivity contribution in [3.8, 4) is 5.75 Å². The maximum Gasteiger partial charge on any atom is 0.269 e. The van der Waals surface area contributed by atoms with Crippen molar-refractivity contribution in [3.63, 3.8) is 0 Å². The predicted octanol–water partition coefficient (Wildman–Crippen LogP) is 2.68. The van der Waals surface area contributed by atoms with E-state index in [1.807, 2.05) is 18.2 Å². The summed E-state index contributed by atoms with van der Waals surface area (Å²) in [6, 6.07) is 15.1. The molecule has 0 bridgehead atoms. The Morgan fingerprint density at radius 1 is 1.18 bits per heavy atom. The molecule has 1 N–H and O–H groups in total. The van der Waals surface area contributed by atoms with E-state index in [1.54, 1.807) is 31.2 Å². The number of amides is 1. The zero-order valence-corrected chi connectivity index (χ0v) is 12.1. The van der Waals surface area contributed by atoms with E-state index >= 15 is 0 Å². The van der Waals surface area contributed by atoms with Gasteiger partial charge in [0.25, 0.3) is 11.6 Å². The number of hydrogen-bond donors (Lipinski definition) is 1. The van der Waals surface area contributed by atoms with Crippen LogP contribution in [0.15, 0.2) is 54.6 Å². The largest absolute Gasteiger partial charge is 0.481 e. The minimum absolute atomic E-state index is 0.0239. The van der Waals surface area contributed by atoms with Crippen molar-refractivity contribution in [1.82, 2.24) is 5.32 Å². The summed E-state index contributed by atoms with van der Waals surface area (Å²) in [4.78, 5) is 22.1. The monoisotopic (exact) mass is 300 g/mol. The summed E-state index contributed by atoms with van der Waals surface area (Å²) in [5.41, 5.74) is 0.807. The second-order valence-corrected chi connectivity index (χ2v) is 4.71. The lowest BCUT2D eigenvalue weighted by Gasteiger charge is -2.14. The van der Waals surface area contributed by atoms with Crippen molar-refractivity contribution in [3.05, 3.63) is 70.3 Å². The van der Waals surface area contributed by atoms with Gasteiger partial charge >= 0.3 is 0 Å². The first-order chi connectivity index (χ1) is 10.6. The molecule has 0 saturated heterocycles. The standard InChI is InChI=1S/C16H16N2O4/c1-12(22-15-5-3-2-4-6-15)16(19)17-11-13-7-9-14(10-8-13)18(20)21/h2-10,12H,11H2,1H3,(H,17,19)/t12-/m1/s1. The molecule has 114 valence electrons. The number of para-hydroxylation sites is 1. The molecular weight excluding hydrogens is 284 g/mol. The van der Waals surface area contributed by atoms with Crippen molar-refractivity contribution in [2.24, 2.45) is 0 Å². The van der Waals surface area contributed by atoms with Crippen LogP contribution in [0, 0.1) is 10.1 Å². The number of nitro groups is 1. The van der Waals surface area contributed by atoms with Gasteiger partial charge in [-0.3, -0.25) is 14.9 Å². The fourth-order valence-electron chi connectivity index (χ4n) is 1.83. The summed E-state index contributed by atoms with van der Waals surface area (Å²) in [5.74, 6) is 0.377. The van der Waals surface area contributed by atoms with Crippen LogP contribution in [-0.4, -0.2) is 16.9 Å². The topological polar surface area (TPSA) is 81.5 Å². The molecule has 0 fully saturated rings. The van der Waals surface area contributed by atoms with Gasteiger partial charge in [-0.2, -0.15) is 0 Å². The third-order valence-electron chi connectivity index (χ3n) is 3.04. The van der Waals surface area contributed by atoms with Gasteiger partial charge in [0.15, 0.2) is 6.10 Å². The Kier molecular flexibility index (Phi) is 5.08. The van der Waals surface area contributed by atoms with Gasteiger partial charge in [0, 0.05) is 18.7 Å². The maximum atomic E-state index is 12.0. The Morgan fingerprint density at radius 3 is 2.41 bits per heavy atom. The number of carbonyl (C=O) groups is 1. The number of non-ortho nitro benzene ring substituents is 1. The third-order valence-corrected chi connectivity index (χ3v) is 3.04. The first kappa shape index (κ1) is 15.5. The van der Waals surface area contributed by atoms with Gasteiger partial charge in [0.1, 0.15) is 5.75 Å². The summed E-state index contributed by atoms with van der Waals surface area (Å²) in [7, 11) is 0. The van der Waals surface area contributed by atoms with Crippen LogP contribution in [0.1, 0.15) is 12.5 Å². The molecule has 0 aliphatic heterocycles. The SMILES string of the molecule is C[C@@H](Oc1ccccc1)C(=O)NCc1ccc([N+](=O)[O-])cc1. The number of carbonyl (C=O) groups excluding carboxylic acids is 1. The Balaban J connectivity index is 1.85. The molecule has 1 atom stereocenters. The molecule has 0 spiro atoms. The van der Waals surface area contributed by atoms with Crippen LogP contribution in [0.4, 0.5) is 5.69 Å². The first-order valence-corrected chi connectivity index (χ1v) is 6.79. The molecule has 0 heterocycles. The number of nitrogens with zero attached hydrogens (tertiary/aromatic N) is 1. The molecule has 0 aromatic heterocycles. The number of benzene rings is 2. The van der Waals surface area contributed by atoms with Gasteiger partial charge in [-0.1, -0.05) is 30.3 Å². The number of nitrogens with one attached hydrogen (secondary N) is 1. The van der Waals surface area contributed by atoms with Gasteiger partial charge in [-0.25, -0.2) is 0 Å². The van der Waals surface area contributed by atoms with Crippen molar-refractivity contribution in [1.29, 1.82) is 0 Å². The Labute approximate surface area is 127 Å². The molecule has 0 radical (unpaired) electrons. The molecule has 2 aromatic rings. The van der Waals surface area contributed by atoms with Gasteiger partial charge in [0.05, 0.1) is 4.92 Å². The van der Waals surface area contributed by atoms with Crippen LogP contribution in [0.2, 0.25) is 0 Å². The van der Waals surface area contributed by atoms with Crippen molar-refractivity contribution < 1.29 is 14.5 Å². The molecule has 0 aliphatic carbocycles. The van der Waals surface area contributed by atoms with Crippen LogP contribution >= 0.6 is 0 Å². The van der Waals surface area contributed by atoms with E-state index < -0.39 is 11.0 Å². The van der Waals surface area contributed by atoms with Crippen LogP contribution in [-0.2, 0) is 11.3 Å². The van der Waals surface area contributed by atoms with E-state index in [0.717, 1.165) is 5.56 Å². The van der Waals surface area contributed by atoms with E-state index in [2.05, 4.69) is 5.32 Å². The molecule has 2 aromatic carbocycles. The maximum absolute atomic E-state index is 12.0. The molecule has 0 saturated carbocycles. The Bertz CT molecular complexity index is 641. The molecular formula is C16H16N2O4. The summed E-state index contributed by atoms with van der Waals surface area (Å²) < 4.78 is 5.51. The number of nitro benzene ring substituents is 1. The summed E-state index contributed by atoms with van der Waals surface area (Å²) in [6.07, 6.45) is -0.625. The average molecular weight is 300 g/mol. The van der Waals surface area contributed by atoms with E-state index in [1.165, 1.54) is 12.1 Å². The van der Waals surface area contributed by atoms with Crippen LogP contribution in [0.5, 0.6) is 5.75 Å². The normalized spacial score (nSPS) is 11.5. The lowest BCUT2D eigenvalue weighted by Crippen LogP contribution is -2.35. The fourth-order valence-corrected chi connectivity index (χ4v) is 1.83. The van der Waals surface area contributed by atoms with Crippen LogP contribution < -0.4 is 10.1 Å². The molecule has 22 heavy (non-hydrogen) atoms. The van der Waals surface area contributed by atoms with Gasteiger partial charge in [0.2, 0.25) is 0 Å². The van der Waals surface area contributed by atoms with Crippen LogP contribution in [0.25, 0.3) is 0 Å². The second kappa shape index (κ2) is 7.21. The highest BCUT2D eigenvalue weighted by atomic mass is 16.6. The Morgan fingerprint density at radius 2 is 1.82 bits per heavy atom. The van der Waals surface area contributed by atoms with E-state index in [0.29, 0.717) is 12.3 Å². The summed E-state index contributed by atoms with van der Waals surface area (Å²) in [6.45, 7) is 1.96. The lowest BCUT2D eigenvalue weighted by atomic mass is 10.2. The zero-order chi connectivity index (χ0) is 15.9. The average Bonchev–Trinajstić information content (AvgIpc) is 2.53. The highest BCUT2D eigenvalue weighted by Crippen LogP contribution is 2.12. The second-order valence-electron chi connectivity index (χ2n) is 4.71.